The summed E-state index contributed by atoms with van der Waals surface area (Å²) >= 11 is 0. The maximum Gasteiger partial charge on any atom is 0.254 e. The van der Waals surface area contributed by atoms with Crippen molar-refractivity contribution < 1.29 is 13.6 Å². The van der Waals surface area contributed by atoms with Crippen LogP contribution in [-0.2, 0) is 0 Å². The highest BCUT2D eigenvalue weighted by molar-refractivity contribution is 5.94. The van der Waals surface area contributed by atoms with Gasteiger partial charge in [-0.2, -0.15) is 0 Å². The lowest BCUT2D eigenvalue weighted by atomic mass is 9.96. The van der Waals surface area contributed by atoms with E-state index in [1.54, 1.807) is 4.90 Å². The second-order valence-electron chi connectivity index (χ2n) is 4.97. The Morgan fingerprint density at radius 1 is 1.17 bits per heavy atom. The average Bonchev–Trinajstić information content (AvgIpc) is 2.32. The molecule has 0 bridgehead atoms. The zero-order valence-electron chi connectivity index (χ0n) is 10.6. The van der Waals surface area contributed by atoms with E-state index >= 15 is 0 Å². The summed E-state index contributed by atoms with van der Waals surface area (Å²) in [5.74, 6) is -2.11. The molecule has 2 atom stereocenters. The first kappa shape index (κ1) is 13.0. The molecule has 0 aromatic heterocycles. The molecule has 1 aromatic carbocycles. The van der Waals surface area contributed by atoms with Crippen LogP contribution in [-0.4, -0.2) is 22.9 Å². The van der Waals surface area contributed by atoms with Gasteiger partial charge in [-0.05, 0) is 51.3 Å². The molecular weight excluding hydrogens is 236 g/mol. The number of carbonyl (C=O) groups excluding carboxylic acids is 1. The minimum atomic E-state index is -0.974. The molecule has 0 radical (unpaired) electrons. The molecule has 1 aromatic rings. The Balaban J connectivity index is 2.26. The average molecular weight is 253 g/mol. The standard InChI is InChI=1S/C14H17F2NO/c1-9-4-3-5-10(2)17(9)14(18)11-6-7-12(15)13(16)8-11/h6-10H,3-5H2,1-2H3/t9-,10-/m1/s1. The van der Waals surface area contributed by atoms with Crippen molar-refractivity contribution in [3.63, 3.8) is 0 Å². The van der Waals surface area contributed by atoms with Crippen molar-refractivity contribution in [2.75, 3.05) is 0 Å². The predicted octanol–water partition coefficient (Wildman–Crippen LogP) is 3.37. The first-order chi connectivity index (χ1) is 8.50. The lowest BCUT2D eigenvalue weighted by molar-refractivity contribution is 0.0510. The highest BCUT2D eigenvalue weighted by Gasteiger charge is 2.29. The molecule has 0 unspecified atom stereocenters. The smallest absolute Gasteiger partial charge is 0.254 e. The van der Waals surface area contributed by atoms with Gasteiger partial charge in [0.1, 0.15) is 0 Å². The molecule has 2 nitrogen and oxygen atoms in total. The topological polar surface area (TPSA) is 20.3 Å². The van der Waals surface area contributed by atoms with Gasteiger partial charge >= 0.3 is 0 Å². The molecule has 0 saturated carbocycles. The summed E-state index contributed by atoms with van der Waals surface area (Å²) in [6.07, 6.45) is 3.02. The number of hydrogen-bond acceptors (Lipinski definition) is 1. The molecule has 0 spiro atoms. The number of rotatable bonds is 1. The van der Waals surface area contributed by atoms with Crippen molar-refractivity contribution in [3.05, 3.63) is 35.4 Å². The minimum Gasteiger partial charge on any atom is -0.333 e. The maximum absolute atomic E-state index is 13.2. The van der Waals surface area contributed by atoms with Gasteiger partial charge in [0.15, 0.2) is 11.6 Å². The SMILES string of the molecule is C[C@@H]1CCC[C@@H](C)N1C(=O)c1ccc(F)c(F)c1. The third-order valence-electron chi connectivity index (χ3n) is 3.59. The molecule has 1 amide bonds. The van der Waals surface area contributed by atoms with E-state index in [-0.39, 0.29) is 23.6 Å². The van der Waals surface area contributed by atoms with E-state index in [1.165, 1.54) is 6.07 Å². The van der Waals surface area contributed by atoms with Crippen LogP contribution in [0.4, 0.5) is 8.78 Å². The second kappa shape index (κ2) is 5.04. The Hall–Kier alpha value is -1.45. The summed E-state index contributed by atoms with van der Waals surface area (Å²) in [5.41, 5.74) is 0.217. The fraction of sp³-hybridized carbons (Fsp3) is 0.500. The second-order valence-corrected chi connectivity index (χ2v) is 4.97. The largest absolute Gasteiger partial charge is 0.333 e. The molecule has 1 fully saturated rings. The number of amides is 1. The van der Waals surface area contributed by atoms with Gasteiger partial charge in [-0.3, -0.25) is 4.79 Å². The van der Waals surface area contributed by atoms with Gasteiger partial charge in [-0.15, -0.1) is 0 Å². The number of piperidine rings is 1. The van der Waals surface area contributed by atoms with Gasteiger partial charge in [0.25, 0.3) is 5.91 Å². The van der Waals surface area contributed by atoms with Crippen LogP contribution in [0, 0.1) is 11.6 Å². The molecule has 1 saturated heterocycles. The first-order valence-electron chi connectivity index (χ1n) is 6.28. The van der Waals surface area contributed by atoms with Crippen molar-refractivity contribution in [1.82, 2.24) is 4.90 Å². The van der Waals surface area contributed by atoms with Gasteiger partial charge < -0.3 is 4.90 Å². The van der Waals surface area contributed by atoms with Crippen LogP contribution >= 0.6 is 0 Å². The minimum absolute atomic E-state index is 0.148. The van der Waals surface area contributed by atoms with Crippen molar-refractivity contribution in [3.8, 4) is 0 Å². The molecule has 1 aliphatic heterocycles. The summed E-state index contributed by atoms with van der Waals surface area (Å²) in [6, 6.07) is 3.62. The Kier molecular flexibility index (Phi) is 3.64. The monoisotopic (exact) mass is 253 g/mol. The highest BCUT2D eigenvalue weighted by atomic mass is 19.2. The third kappa shape index (κ3) is 2.37. The van der Waals surface area contributed by atoms with Crippen LogP contribution in [0.2, 0.25) is 0 Å². The van der Waals surface area contributed by atoms with Crippen LogP contribution in [0.3, 0.4) is 0 Å². The van der Waals surface area contributed by atoms with Crippen molar-refractivity contribution in [1.29, 1.82) is 0 Å². The number of halogens is 2. The fourth-order valence-electron chi connectivity index (χ4n) is 2.60. The van der Waals surface area contributed by atoms with Crippen LogP contribution in [0.25, 0.3) is 0 Å². The van der Waals surface area contributed by atoms with E-state index in [1.807, 2.05) is 13.8 Å². The van der Waals surface area contributed by atoms with Gasteiger partial charge in [-0.1, -0.05) is 0 Å². The number of carbonyl (C=O) groups is 1. The van der Waals surface area contributed by atoms with Gasteiger partial charge in [-0.25, -0.2) is 8.78 Å². The molecule has 4 heteroatoms. The Morgan fingerprint density at radius 2 is 1.78 bits per heavy atom. The molecule has 1 aliphatic rings. The Morgan fingerprint density at radius 3 is 2.33 bits per heavy atom. The molecule has 1 heterocycles. The van der Waals surface area contributed by atoms with E-state index in [2.05, 4.69) is 0 Å². The van der Waals surface area contributed by atoms with Crippen molar-refractivity contribution >= 4 is 5.91 Å². The van der Waals surface area contributed by atoms with Gasteiger partial charge in [0.05, 0.1) is 0 Å². The molecule has 2 rings (SSSR count). The first-order valence-corrected chi connectivity index (χ1v) is 6.28. The fourth-order valence-corrected chi connectivity index (χ4v) is 2.60. The molecule has 18 heavy (non-hydrogen) atoms. The number of likely N-dealkylation sites (tertiary alicyclic amines) is 1. The van der Waals surface area contributed by atoms with E-state index < -0.39 is 11.6 Å². The zero-order chi connectivity index (χ0) is 13.3. The molecule has 0 N–H and O–H groups in total. The van der Waals surface area contributed by atoms with Crippen molar-refractivity contribution in [2.45, 2.75) is 45.2 Å². The molecule has 0 aliphatic carbocycles. The summed E-state index contributed by atoms with van der Waals surface area (Å²) in [7, 11) is 0. The van der Waals surface area contributed by atoms with E-state index in [9.17, 15) is 13.6 Å². The normalized spacial score (nSPS) is 24.1. The van der Waals surface area contributed by atoms with Crippen LogP contribution in [0.1, 0.15) is 43.5 Å². The van der Waals surface area contributed by atoms with E-state index in [0.29, 0.717) is 0 Å². The summed E-state index contributed by atoms with van der Waals surface area (Å²) in [4.78, 5) is 14.1. The number of hydrogen-bond donors (Lipinski definition) is 0. The zero-order valence-corrected chi connectivity index (χ0v) is 10.6. The lowest BCUT2D eigenvalue weighted by Crippen LogP contribution is -2.47. The van der Waals surface area contributed by atoms with Crippen molar-refractivity contribution in [2.24, 2.45) is 0 Å². The quantitative estimate of drug-likeness (QED) is 0.751. The van der Waals surface area contributed by atoms with Crippen LogP contribution < -0.4 is 0 Å². The summed E-state index contributed by atoms with van der Waals surface area (Å²) in [5, 5.41) is 0. The highest BCUT2D eigenvalue weighted by Crippen LogP contribution is 2.25. The Bertz CT molecular complexity index is 451. The maximum atomic E-state index is 13.2. The summed E-state index contributed by atoms with van der Waals surface area (Å²) < 4.78 is 26.0. The van der Waals surface area contributed by atoms with Gasteiger partial charge in [0, 0.05) is 17.6 Å². The number of nitrogens with zero attached hydrogens (tertiary/aromatic N) is 1. The van der Waals surface area contributed by atoms with Crippen LogP contribution in [0.15, 0.2) is 18.2 Å². The molecule has 98 valence electrons. The third-order valence-corrected chi connectivity index (χ3v) is 3.59. The summed E-state index contributed by atoms with van der Waals surface area (Å²) in [6.45, 7) is 3.99. The van der Waals surface area contributed by atoms with Crippen LogP contribution in [0.5, 0.6) is 0 Å². The molecular formula is C14H17F2NO. The van der Waals surface area contributed by atoms with E-state index in [0.717, 1.165) is 31.4 Å². The predicted molar refractivity (Wildman–Crippen MR) is 65.3 cm³/mol. The van der Waals surface area contributed by atoms with Gasteiger partial charge in [0.2, 0.25) is 0 Å². The number of benzene rings is 1. The Labute approximate surface area is 106 Å². The van der Waals surface area contributed by atoms with E-state index in [4.69, 9.17) is 0 Å². The lowest BCUT2D eigenvalue weighted by Gasteiger charge is -2.39.